The molecule has 1 N–H and O–H groups in total. The quantitative estimate of drug-likeness (QED) is 0.879. The number of aromatic nitrogens is 1. The molecule has 1 aromatic carbocycles. The van der Waals surface area contributed by atoms with Crippen molar-refractivity contribution in [3.63, 3.8) is 0 Å². The summed E-state index contributed by atoms with van der Waals surface area (Å²) in [5, 5.41) is 9.94. The Morgan fingerprint density at radius 3 is 2.76 bits per heavy atom. The van der Waals surface area contributed by atoms with Gasteiger partial charge in [-0.15, -0.1) is 0 Å². The number of carboxylic acids is 1. The highest BCUT2D eigenvalue weighted by atomic mass is 16.4. The Balaban J connectivity index is 2.48. The molecule has 2 aromatic rings. The second-order valence-corrected chi connectivity index (χ2v) is 4.33. The lowest BCUT2D eigenvalue weighted by molar-refractivity contribution is -0.136. The zero-order valence-corrected chi connectivity index (χ0v) is 10.2. The van der Waals surface area contributed by atoms with Crippen LogP contribution in [0.25, 0.3) is 10.9 Å². The highest BCUT2D eigenvalue weighted by molar-refractivity contribution is 5.87. The molecule has 2 rings (SSSR count). The summed E-state index contributed by atoms with van der Waals surface area (Å²) in [6.45, 7) is 2.14. The number of carbonyl (C=O) groups is 1. The molecule has 1 aromatic heterocycles. The first kappa shape index (κ1) is 11.7. The second-order valence-electron chi connectivity index (χ2n) is 4.33. The number of para-hydroxylation sites is 1. The molecule has 3 nitrogen and oxygen atoms in total. The van der Waals surface area contributed by atoms with Crippen molar-refractivity contribution in [2.45, 2.75) is 26.2 Å². The van der Waals surface area contributed by atoms with Gasteiger partial charge in [0.25, 0.3) is 0 Å². The maximum atomic E-state index is 10.6. The molecule has 0 amide bonds. The average molecular weight is 231 g/mol. The Kier molecular flexibility index (Phi) is 3.18. The first-order chi connectivity index (χ1) is 8.13. The average Bonchev–Trinajstić information content (AvgIpc) is 2.64. The van der Waals surface area contributed by atoms with Gasteiger partial charge in [-0.05, 0) is 24.0 Å². The van der Waals surface area contributed by atoms with Crippen LogP contribution in [0.1, 0.15) is 24.5 Å². The number of hydrogen-bond donors (Lipinski definition) is 1. The smallest absolute Gasteiger partial charge is 0.303 e. The lowest BCUT2D eigenvalue weighted by Crippen LogP contribution is -1.96. The molecule has 0 bridgehead atoms. The highest BCUT2D eigenvalue weighted by Gasteiger charge is 2.10. The van der Waals surface area contributed by atoms with Crippen molar-refractivity contribution in [2.24, 2.45) is 7.05 Å². The lowest BCUT2D eigenvalue weighted by atomic mass is 10.0. The van der Waals surface area contributed by atoms with Crippen LogP contribution in [0.2, 0.25) is 0 Å². The van der Waals surface area contributed by atoms with E-state index in [0.29, 0.717) is 6.42 Å². The summed E-state index contributed by atoms with van der Waals surface area (Å²) in [5.41, 5.74) is 3.67. The molecule has 0 radical (unpaired) electrons. The summed E-state index contributed by atoms with van der Waals surface area (Å²) in [6, 6.07) is 6.25. The Labute approximate surface area is 101 Å². The molecular formula is C14H17NO2. The van der Waals surface area contributed by atoms with E-state index < -0.39 is 5.97 Å². The van der Waals surface area contributed by atoms with Crippen LogP contribution in [0, 0.1) is 0 Å². The van der Waals surface area contributed by atoms with Crippen LogP contribution in [0.3, 0.4) is 0 Å². The van der Waals surface area contributed by atoms with Crippen LogP contribution in [0.15, 0.2) is 24.4 Å². The molecule has 0 unspecified atom stereocenters. The summed E-state index contributed by atoms with van der Waals surface area (Å²) >= 11 is 0. The van der Waals surface area contributed by atoms with E-state index in [-0.39, 0.29) is 6.42 Å². The summed E-state index contributed by atoms with van der Waals surface area (Å²) in [7, 11) is 2.02. The first-order valence-electron chi connectivity index (χ1n) is 5.91. The van der Waals surface area contributed by atoms with Gasteiger partial charge in [-0.3, -0.25) is 4.79 Å². The minimum Gasteiger partial charge on any atom is -0.481 e. The van der Waals surface area contributed by atoms with Gasteiger partial charge in [0, 0.05) is 25.1 Å². The third-order valence-corrected chi connectivity index (χ3v) is 3.16. The molecule has 0 aliphatic rings. The van der Waals surface area contributed by atoms with Gasteiger partial charge in [0.05, 0.1) is 5.52 Å². The third-order valence-electron chi connectivity index (χ3n) is 3.16. The van der Waals surface area contributed by atoms with Gasteiger partial charge < -0.3 is 9.67 Å². The third kappa shape index (κ3) is 2.18. The second kappa shape index (κ2) is 4.62. The van der Waals surface area contributed by atoms with Crippen LogP contribution in [-0.2, 0) is 24.7 Å². The number of carboxylic acid groups (broad SMARTS) is 1. The van der Waals surface area contributed by atoms with Crippen molar-refractivity contribution < 1.29 is 9.90 Å². The topological polar surface area (TPSA) is 42.2 Å². The van der Waals surface area contributed by atoms with Crippen molar-refractivity contribution in [1.82, 2.24) is 4.57 Å². The Bertz CT molecular complexity index is 555. The predicted octanol–water partition coefficient (Wildman–Crippen LogP) is 2.76. The molecule has 0 aliphatic heterocycles. The number of aryl methyl sites for hydroxylation is 3. The number of aliphatic carboxylic acids is 1. The molecule has 0 aliphatic carbocycles. The molecule has 90 valence electrons. The van der Waals surface area contributed by atoms with E-state index in [1.54, 1.807) is 0 Å². The molecule has 0 spiro atoms. The fourth-order valence-corrected chi connectivity index (χ4v) is 2.36. The van der Waals surface area contributed by atoms with Crippen LogP contribution in [-0.4, -0.2) is 15.6 Å². The minimum atomic E-state index is -0.742. The summed E-state index contributed by atoms with van der Waals surface area (Å²) < 4.78 is 2.10. The van der Waals surface area contributed by atoms with Crippen LogP contribution < -0.4 is 0 Å². The van der Waals surface area contributed by atoms with Crippen LogP contribution in [0.4, 0.5) is 0 Å². The largest absolute Gasteiger partial charge is 0.481 e. The van der Waals surface area contributed by atoms with E-state index >= 15 is 0 Å². The van der Waals surface area contributed by atoms with Crippen molar-refractivity contribution >= 4 is 16.9 Å². The van der Waals surface area contributed by atoms with Crippen molar-refractivity contribution in [3.05, 3.63) is 35.5 Å². The predicted molar refractivity (Wildman–Crippen MR) is 68.3 cm³/mol. The molecule has 0 atom stereocenters. The molecule has 17 heavy (non-hydrogen) atoms. The molecule has 0 saturated carbocycles. The maximum absolute atomic E-state index is 10.6. The fraction of sp³-hybridized carbons (Fsp3) is 0.357. The fourth-order valence-electron chi connectivity index (χ4n) is 2.36. The van der Waals surface area contributed by atoms with Gasteiger partial charge >= 0.3 is 5.97 Å². The number of fused-ring (bicyclic) bond motifs is 1. The van der Waals surface area contributed by atoms with E-state index in [9.17, 15) is 4.79 Å². The van der Waals surface area contributed by atoms with Crippen LogP contribution >= 0.6 is 0 Å². The van der Waals surface area contributed by atoms with E-state index in [1.807, 2.05) is 19.3 Å². The maximum Gasteiger partial charge on any atom is 0.303 e. The Hall–Kier alpha value is -1.77. The normalized spacial score (nSPS) is 10.9. The van der Waals surface area contributed by atoms with E-state index in [4.69, 9.17) is 5.11 Å². The molecule has 0 saturated heterocycles. The van der Waals surface area contributed by atoms with Crippen molar-refractivity contribution in [2.75, 3.05) is 0 Å². The Morgan fingerprint density at radius 1 is 1.35 bits per heavy atom. The standard InChI is InChI=1S/C14H17NO2/c1-3-10-5-4-6-12-11(7-8-13(16)17)9-15(2)14(10)12/h4-6,9H,3,7-8H2,1-2H3,(H,16,17). The monoisotopic (exact) mass is 231 g/mol. The van der Waals surface area contributed by atoms with Gasteiger partial charge in [-0.25, -0.2) is 0 Å². The number of hydrogen-bond acceptors (Lipinski definition) is 1. The zero-order chi connectivity index (χ0) is 12.4. The SMILES string of the molecule is CCc1cccc2c(CCC(=O)O)cn(C)c12. The molecular weight excluding hydrogens is 214 g/mol. The van der Waals surface area contributed by atoms with E-state index in [2.05, 4.69) is 23.6 Å². The van der Waals surface area contributed by atoms with Gasteiger partial charge in [0.15, 0.2) is 0 Å². The van der Waals surface area contributed by atoms with E-state index in [0.717, 1.165) is 12.0 Å². The van der Waals surface area contributed by atoms with E-state index in [1.165, 1.54) is 16.5 Å². The first-order valence-corrected chi connectivity index (χ1v) is 5.91. The Morgan fingerprint density at radius 2 is 2.12 bits per heavy atom. The van der Waals surface area contributed by atoms with Crippen molar-refractivity contribution in [3.8, 4) is 0 Å². The molecule has 3 heteroatoms. The lowest BCUT2D eigenvalue weighted by Gasteiger charge is -2.03. The summed E-state index contributed by atoms with van der Waals surface area (Å²) in [5.74, 6) is -0.742. The molecule has 1 heterocycles. The number of benzene rings is 1. The summed E-state index contributed by atoms with van der Waals surface area (Å²) in [6.07, 6.45) is 3.83. The van der Waals surface area contributed by atoms with Gasteiger partial charge in [-0.2, -0.15) is 0 Å². The molecule has 0 fully saturated rings. The van der Waals surface area contributed by atoms with Crippen LogP contribution in [0.5, 0.6) is 0 Å². The minimum absolute atomic E-state index is 0.190. The number of nitrogens with zero attached hydrogens (tertiary/aromatic N) is 1. The highest BCUT2D eigenvalue weighted by Crippen LogP contribution is 2.25. The van der Waals surface area contributed by atoms with Gasteiger partial charge in [-0.1, -0.05) is 25.1 Å². The van der Waals surface area contributed by atoms with Crippen molar-refractivity contribution in [1.29, 1.82) is 0 Å². The number of rotatable bonds is 4. The van der Waals surface area contributed by atoms with Gasteiger partial charge in [0.2, 0.25) is 0 Å². The zero-order valence-electron chi connectivity index (χ0n) is 10.2. The van der Waals surface area contributed by atoms with Gasteiger partial charge in [0.1, 0.15) is 0 Å². The summed E-state index contributed by atoms with van der Waals surface area (Å²) in [4.78, 5) is 10.6.